The fourth-order valence-electron chi connectivity index (χ4n) is 4.30. The third kappa shape index (κ3) is 2.05. The minimum atomic E-state index is -3.81. The van der Waals surface area contributed by atoms with E-state index in [0.29, 0.717) is 5.92 Å². The van der Waals surface area contributed by atoms with E-state index in [0.717, 1.165) is 19.3 Å². The van der Waals surface area contributed by atoms with Crippen LogP contribution in [-0.4, -0.2) is 14.5 Å². The smallest absolute Gasteiger partial charge is 0.207 e. The lowest BCUT2D eigenvalue weighted by atomic mass is 9.69. The molecule has 0 saturated heterocycles. The van der Waals surface area contributed by atoms with Gasteiger partial charge in [-0.3, -0.25) is 0 Å². The number of fused-ring (bicyclic) bond motifs is 2. The Bertz CT molecular complexity index is 671. The van der Waals surface area contributed by atoms with Crippen LogP contribution >= 0.6 is 0 Å². The van der Waals surface area contributed by atoms with Crippen LogP contribution in [0.1, 0.15) is 40.0 Å². The highest BCUT2D eigenvalue weighted by Gasteiger charge is 2.61. The average molecular weight is 311 g/mol. The van der Waals surface area contributed by atoms with Gasteiger partial charge in [0.2, 0.25) is 10.0 Å². The molecule has 1 N–H and O–H groups in total. The largest absolute Gasteiger partial charge is 0.243 e. The molecule has 3 nitrogen and oxygen atoms in total. The van der Waals surface area contributed by atoms with Gasteiger partial charge in [0.25, 0.3) is 0 Å². The van der Waals surface area contributed by atoms with Crippen molar-refractivity contribution in [3.05, 3.63) is 30.1 Å². The van der Waals surface area contributed by atoms with Crippen molar-refractivity contribution in [2.24, 2.45) is 16.7 Å². The van der Waals surface area contributed by atoms with Crippen molar-refractivity contribution in [2.45, 2.75) is 51.0 Å². The predicted molar refractivity (Wildman–Crippen MR) is 79.7 cm³/mol. The lowest BCUT2D eigenvalue weighted by Crippen LogP contribution is -2.46. The number of hydrogen-bond donors (Lipinski definition) is 1. The lowest BCUT2D eigenvalue weighted by Gasteiger charge is -2.39. The van der Waals surface area contributed by atoms with Crippen LogP contribution in [0.4, 0.5) is 4.39 Å². The third-order valence-corrected chi connectivity index (χ3v) is 7.72. The second-order valence-electron chi connectivity index (χ2n) is 7.21. The van der Waals surface area contributed by atoms with Gasteiger partial charge in [-0.15, -0.1) is 0 Å². The molecule has 0 radical (unpaired) electrons. The summed E-state index contributed by atoms with van der Waals surface area (Å²) >= 11 is 0. The normalized spacial score (nSPS) is 34.3. The molecule has 3 rings (SSSR count). The van der Waals surface area contributed by atoms with Crippen LogP contribution in [0.5, 0.6) is 0 Å². The Hall–Kier alpha value is -0.940. The molecular weight excluding hydrogens is 289 g/mol. The lowest BCUT2D eigenvalue weighted by molar-refractivity contribution is 0.130. The van der Waals surface area contributed by atoms with Gasteiger partial charge >= 0.3 is 0 Å². The summed E-state index contributed by atoms with van der Waals surface area (Å²) in [5, 5.41) is 0. The van der Waals surface area contributed by atoms with Crippen molar-refractivity contribution in [2.75, 3.05) is 0 Å². The maximum atomic E-state index is 13.8. The molecule has 5 heteroatoms. The molecule has 2 aliphatic rings. The predicted octanol–water partition coefficient (Wildman–Crippen LogP) is 3.32. The van der Waals surface area contributed by atoms with E-state index < -0.39 is 15.8 Å². The summed E-state index contributed by atoms with van der Waals surface area (Å²) in [5.74, 6) is -0.159. The maximum Gasteiger partial charge on any atom is 0.243 e. The van der Waals surface area contributed by atoms with Gasteiger partial charge in [-0.05, 0) is 48.1 Å². The molecular formula is C16H22FNO2S. The topological polar surface area (TPSA) is 46.2 Å². The van der Waals surface area contributed by atoms with Crippen molar-refractivity contribution < 1.29 is 12.8 Å². The summed E-state index contributed by atoms with van der Waals surface area (Å²) in [6.45, 7) is 6.61. The van der Waals surface area contributed by atoms with Crippen LogP contribution < -0.4 is 4.72 Å². The zero-order valence-corrected chi connectivity index (χ0v) is 13.5. The van der Waals surface area contributed by atoms with Gasteiger partial charge < -0.3 is 0 Å². The minimum Gasteiger partial charge on any atom is -0.207 e. The molecule has 0 amide bonds. The van der Waals surface area contributed by atoms with Crippen molar-refractivity contribution in [1.82, 2.24) is 4.72 Å². The Labute approximate surface area is 126 Å². The van der Waals surface area contributed by atoms with Crippen LogP contribution in [0, 0.1) is 22.6 Å². The zero-order chi connectivity index (χ0) is 15.5. The summed E-state index contributed by atoms with van der Waals surface area (Å²) in [6, 6.07) is 5.43. The van der Waals surface area contributed by atoms with Gasteiger partial charge in [0.05, 0.1) is 0 Å². The molecule has 3 atom stereocenters. The Morgan fingerprint density at radius 3 is 2.43 bits per heavy atom. The number of halogens is 1. The maximum absolute atomic E-state index is 13.8. The Morgan fingerprint density at radius 2 is 1.90 bits per heavy atom. The molecule has 0 spiro atoms. The Morgan fingerprint density at radius 1 is 1.24 bits per heavy atom. The van der Waals surface area contributed by atoms with E-state index in [1.54, 1.807) is 6.07 Å². The first kappa shape index (κ1) is 15.0. The number of benzene rings is 1. The van der Waals surface area contributed by atoms with Crippen LogP contribution in [0.2, 0.25) is 0 Å². The van der Waals surface area contributed by atoms with Crippen molar-refractivity contribution in [3.8, 4) is 0 Å². The van der Waals surface area contributed by atoms with Crippen molar-refractivity contribution in [3.63, 3.8) is 0 Å². The molecule has 21 heavy (non-hydrogen) atoms. The molecule has 0 heterocycles. The molecule has 2 fully saturated rings. The highest BCUT2D eigenvalue weighted by Crippen LogP contribution is 2.65. The Kier molecular flexibility index (Phi) is 3.23. The molecule has 1 aromatic carbocycles. The first-order valence-electron chi connectivity index (χ1n) is 7.45. The molecule has 1 aromatic rings. The van der Waals surface area contributed by atoms with Gasteiger partial charge in [-0.2, -0.15) is 0 Å². The zero-order valence-electron chi connectivity index (χ0n) is 12.7. The van der Waals surface area contributed by atoms with Crippen LogP contribution in [0.15, 0.2) is 29.2 Å². The highest BCUT2D eigenvalue weighted by molar-refractivity contribution is 7.89. The van der Waals surface area contributed by atoms with E-state index in [1.165, 1.54) is 18.2 Å². The second-order valence-corrected chi connectivity index (χ2v) is 8.90. The molecule has 2 saturated carbocycles. The van der Waals surface area contributed by atoms with E-state index in [2.05, 4.69) is 25.5 Å². The van der Waals surface area contributed by atoms with Crippen LogP contribution in [-0.2, 0) is 10.0 Å². The summed E-state index contributed by atoms with van der Waals surface area (Å²) in [6.07, 6.45) is 3.02. The molecule has 116 valence electrons. The molecule has 3 unspecified atom stereocenters. The number of rotatable bonds is 3. The van der Waals surface area contributed by atoms with Crippen molar-refractivity contribution >= 4 is 10.0 Å². The third-order valence-electron chi connectivity index (χ3n) is 6.22. The van der Waals surface area contributed by atoms with E-state index in [-0.39, 0.29) is 21.8 Å². The van der Waals surface area contributed by atoms with E-state index in [9.17, 15) is 12.8 Å². The Balaban J connectivity index is 1.90. The van der Waals surface area contributed by atoms with Gasteiger partial charge in [0.15, 0.2) is 0 Å². The molecule has 2 aliphatic carbocycles. The quantitative estimate of drug-likeness (QED) is 0.931. The number of sulfonamides is 1. The first-order valence-corrected chi connectivity index (χ1v) is 8.94. The van der Waals surface area contributed by atoms with Crippen LogP contribution in [0.25, 0.3) is 0 Å². The van der Waals surface area contributed by atoms with E-state index >= 15 is 0 Å². The van der Waals surface area contributed by atoms with Gasteiger partial charge in [0.1, 0.15) is 10.7 Å². The summed E-state index contributed by atoms with van der Waals surface area (Å²) in [4.78, 5) is -0.255. The number of hydrogen-bond acceptors (Lipinski definition) is 2. The average Bonchev–Trinajstić information content (AvgIpc) is 2.72. The number of nitrogens with one attached hydrogen (secondary N) is 1. The first-order chi connectivity index (χ1) is 9.68. The molecule has 0 aliphatic heterocycles. The minimum absolute atomic E-state index is 0.0595. The fraction of sp³-hybridized carbons (Fsp3) is 0.625. The fourth-order valence-corrected chi connectivity index (χ4v) is 5.74. The molecule has 0 aromatic heterocycles. The van der Waals surface area contributed by atoms with Gasteiger partial charge in [-0.1, -0.05) is 32.9 Å². The standard InChI is InChI=1S/C16H22FNO2S/c1-15(2)11-8-9-16(15,3)14(10-11)18-21(19,20)13-7-5-4-6-12(13)17/h4-7,11,14,18H,8-10H2,1-3H3. The summed E-state index contributed by atoms with van der Waals surface area (Å²) in [5.41, 5.74) is 0.0609. The van der Waals surface area contributed by atoms with Gasteiger partial charge in [0, 0.05) is 6.04 Å². The van der Waals surface area contributed by atoms with E-state index in [4.69, 9.17) is 0 Å². The summed E-state index contributed by atoms with van der Waals surface area (Å²) in [7, 11) is -3.81. The van der Waals surface area contributed by atoms with Crippen molar-refractivity contribution in [1.29, 1.82) is 0 Å². The highest BCUT2D eigenvalue weighted by atomic mass is 32.2. The summed E-state index contributed by atoms with van der Waals surface area (Å²) < 4.78 is 41.5. The SMILES string of the molecule is CC1(C)C2CCC1(C)C(NS(=O)(=O)c1ccccc1F)C2. The van der Waals surface area contributed by atoms with Gasteiger partial charge in [-0.25, -0.2) is 17.5 Å². The van der Waals surface area contributed by atoms with Crippen LogP contribution in [0.3, 0.4) is 0 Å². The molecule has 2 bridgehead atoms. The second kappa shape index (κ2) is 4.53. The monoisotopic (exact) mass is 311 g/mol. The van der Waals surface area contributed by atoms with E-state index in [1.807, 2.05) is 0 Å².